The maximum absolute atomic E-state index is 9.05. The lowest BCUT2D eigenvalue weighted by Crippen LogP contribution is -2.42. The van der Waals surface area contributed by atoms with Crippen LogP contribution in [0.2, 0.25) is 0 Å². The Kier molecular flexibility index (Phi) is 1.95. The summed E-state index contributed by atoms with van der Waals surface area (Å²) in [5, 5.41) is 26.7. The van der Waals surface area contributed by atoms with Crippen molar-refractivity contribution in [1.29, 1.82) is 0 Å². The Morgan fingerprint density at radius 3 is 2.64 bits per heavy atom. The van der Waals surface area contributed by atoms with E-state index in [9.17, 15) is 0 Å². The number of rotatable bonds is 1. The summed E-state index contributed by atoms with van der Waals surface area (Å²) >= 11 is 0. The second-order valence-corrected chi connectivity index (χ2v) is 1.97. The van der Waals surface area contributed by atoms with E-state index in [1.165, 1.54) is 0 Å². The monoisotopic (exact) mass is 159 g/mol. The highest BCUT2D eigenvalue weighted by Gasteiger charge is 2.22. The number of hydrogen-bond donors (Lipinski definition) is 3. The molecule has 0 aromatic rings. The van der Waals surface area contributed by atoms with Gasteiger partial charge in [-0.15, -0.1) is 4.99 Å². The third-order valence-electron chi connectivity index (χ3n) is 1.31. The summed E-state index contributed by atoms with van der Waals surface area (Å²) in [7, 11) is 0. The fourth-order valence-corrected chi connectivity index (χ4v) is 0.764. The summed E-state index contributed by atoms with van der Waals surface area (Å²) in [5.41, 5.74) is 0. The van der Waals surface area contributed by atoms with Crippen molar-refractivity contribution in [2.75, 3.05) is 6.54 Å². The van der Waals surface area contributed by atoms with Crippen molar-refractivity contribution in [1.82, 2.24) is 4.90 Å². The van der Waals surface area contributed by atoms with Gasteiger partial charge in [-0.1, -0.05) is 0 Å². The van der Waals surface area contributed by atoms with Crippen molar-refractivity contribution in [3.05, 3.63) is 0 Å². The zero-order valence-corrected chi connectivity index (χ0v) is 5.97. The fourth-order valence-electron chi connectivity index (χ4n) is 0.764. The summed E-state index contributed by atoms with van der Waals surface area (Å²) in [4.78, 5) is 7.65. The minimum atomic E-state index is -1.24. The van der Waals surface area contributed by atoms with Crippen molar-refractivity contribution in [2.24, 2.45) is 9.98 Å². The summed E-state index contributed by atoms with van der Waals surface area (Å²) in [5.74, 6) is 0. The standard InChI is InChI=1S/C5H9N3O3/c1-2-8-4(10)6-3(9)7-5(8)11/h4,10H,2H2,1H3,(H2,6,7,9,11). The first-order valence-corrected chi connectivity index (χ1v) is 3.14. The molecule has 0 fully saturated rings. The highest BCUT2D eigenvalue weighted by atomic mass is 16.4. The van der Waals surface area contributed by atoms with E-state index in [2.05, 4.69) is 9.98 Å². The van der Waals surface area contributed by atoms with Gasteiger partial charge in [-0.2, -0.15) is 4.99 Å². The van der Waals surface area contributed by atoms with E-state index in [1.54, 1.807) is 6.92 Å². The van der Waals surface area contributed by atoms with Crippen LogP contribution in [0.5, 0.6) is 0 Å². The molecule has 0 bridgehead atoms. The van der Waals surface area contributed by atoms with Crippen LogP contribution in [-0.2, 0) is 0 Å². The van der Waals surface area contributed by atoms with E-state index in [-0.39, 0.29) is 0 Å². The quantitative estimate of drug-likeness (QED) is 0.477. The van der Waals surface area contributed by atoms with Gasteiger partial charge < -0.3 is 15.3 Å². The third-order valence-corrected chi connectivity index (χ3v) is 1.31. The van der Waals surface area contributed by atoms with Crippen LogP contribution in [0.15, 0.2) is 9.98 Å². The molecule has 1 heterocycles. The molecule has 1 aliphatic rings. The molecule has 62 valence electrons. The maximum atomic E-state index is 9.05. The zero-order chi connectivity index (χ0) is 8.43. The van der Waals surface area contributed by atoms with Gasteiger partial charge in [-0.3, -0.25) is 4.90 Å². The van der Waals surface area contributed by atoms with Crippen LogP contribution in [0.25, 0.3) is 0 Å². The van der Waals surface area contributed by atoms with E-state index >= 15 is 0 Å². The SMILES string of the molecule is CCN1C(O)=NC(O)=NC1O. The van der Waals surface area contributed by atoms with Crippen molar-refractivity contribution < 1.29 is 15.3 Å². The number of hydrogen-bond acceptors (Lipinski definition) is 4. The first-order chi connectivity index (χ1) is 5.15. The van der Waals surface area contributed by atoms with Crippen LogP contribution in [0.3, 0.4) is 0 Å². The molecule has 0 spiro atoms. The molecule has 6 nitrogen and oxygen atoms in total. The molecule has 0 saturated carbocycles. The Morgan fingerprint density at radius 1 is 1.55 bits per heavy atom. The predicted molar refractivity (Wildman–Crippen MR) is 38.5 cm³/mol. The smallest absolute Gasteiger partial charge is 0.317 e. The number of aliphatic hydroxyl groups is 3. The number of aliphatic hydroxyl groups excluding tert-OH is 3. The van der Waals surface area contributed by atoms with Gasteiger partial charge in [-0.25, -0.2) is 0 Å². The lowest BCUT2D eigenvalue weighted by Gasteiger charge is -2.25. The van der Waals surface area contributed by atoms with Gasteiger partial charge in [-0.05, 0) is 6.92 Å². The van der Waals surface area contributed by atoms with Crippen LogP contribution < -0.4 is 0 Å². The minimum Gasteiger partial charge on any atom is -0.480 e. The molecule has 6 heteroatoms. The second kappa shape index (κ2) is 2.75. The highest BCUT2D eigenvalue weighted by molar-refractivity contribution is 5.88. The molecule has 0 radical (unpaired) electrons. The van der Waals surface area contributed by atoms with Crippen molar-refractivity contribution in [2.45, 2.75) is 13.3 Å². The van der Waals surface area contributed by atoms with Gasteiger partial charge >= 0.3 is 6.02 Å². The Bertz CT molecular complexity index is 213. The summed E-state index contributed by atoms with van der Waals surface area (Å²) in [6, 6.07) is -1.03. The Morgan fingerprint density at radius 2 is 2.18 bits per heavy atom. The third kappa shape index (κ3) is 1.40. The fraction of sp³-hybridized carbons (Fsp3) is 0.600. The second-order valence-electron chi connectivity index (χ2n) is 1.97. The van der Waals surface area contributed by atoms with E-state index in [4.69, 9.17) is 15.3 Å². The topological polar surface area (TPSA) is 88.7 Å². The van der Waals surface area contributed by atoms with Crippen molar-refractivity contribution in [3.63, 3.8) is 0 Å². The van der Waals surface area contributed by atoms with Gasteiger partial charge in [0.1, 0.15) is 0 Å². The molecule has 1 aliphatic heterocycles. The Hall–Kier alpha value is -1.30. The molecular weight excluding hydrogens is 150 g/mol. The van der Waals surface area contributed by atoms with E-state index in [0.29, 0.717) is 6.54 Å². The summed E-state index contributed by atoms with van der Waals surface area (Å²) in [6.07, 6.45) is -1.24. The summed E-state index contributed by atoms with van der Waals surface area (Å²) < 4.78 is 0. The lowest BCUT2D eigenvalue weighted by molar-refractivity contribution is 0.0468. The maximum Gasteiger partial charge on any atom is 0.317 e. The molecule has 0 amide bonds. The van der Waals surface area contributed by atoms with E-state index < -0.39 is 18.4 Å². The molecule has 0 aliphatic carbocycles. The molecule has 1 unspecified atom stereocenters. The zero-order valence-electron chi connectivity index (χ0n) is 5.97. The number of nitrogens with zero attached hydrogens (tertiary/aromatic N) is 3. The first-order valence-electron chi connectivity index (χ1n) is 3.14. The van der Waals surface area contributed by atoms with Gasteiger partial charge in [0, 0.05) is 6.54 Å². The molecule has 3 N–H and O–H groups in total. The normalized spacial score (nSPS) is 24.5. The predicted octanol–water partition coefficient (Wildman–Crippen LogP) is -0.574. The van der Waals surface area contributed by atoms with Crippen molar-refractivity contribution >= 4 is 12.0 Å². The first kappa shape index (κ1) is 7.80. The highest BCUT2D eigenvalue weighted by Crippen LogP contribution is 2.04. The van der Waals surface area contributed by atoms with Gasteiger partial charge in [0.25, 0.3) is 6.02 Å². The molecule has 1 rings (SSSR count). The molecular formula is C5H9N3O3. The average Bonchev–Trinajstić information content (AvgIpc) is 1.85. The van der Waals surface area contributed by atoms with Crippen LogP contribution >= 0.6 is 0 Å². The van der Waals surface area contributed by atoms with Crippen LogP contribution in [0.1, 0.15) is 6.92 Å². The van der Waals surface area contributed by atoms with Crippen LogP contribution in [-0.4, -0.2) is 45.2 Å². The molecule has 0 saturated heterocycles. The van der Waals surface area contributed by atoms with Gasteiger partial charge in [0.05, 0.1) is 0 Å². The van der Waals surface area contributed by atoms with E-state index in [1.807, 2.05) is 0 Å². The Balaban J connectivity index is 2.82. The van der Waals surface area contributed by atoms with Crippen molar-refractivity contribution in [3.8, 4) is 0 Å². The summed E-state index contributed by atoms with van der Waals surface area (Å²) in [6.45, 7) is 2.08. The number of amidine groups is 2. The number of aliphatic imine (C=N–C) groups is 2. The average molecular weight is 159 g/mol. The molecule has 11 heavy (non-hydrogen) atoms. The lowest BCUT2D eigenvalue weighted by atomic mass is 10.6. The Labute approximate surface area is 63.1 Å². The largest absolute Gasteiger partial charge is 0.480 e. The molecule has 0 aromatic carbocycles. The van der Waals surface area contributed by atoms with Crippen LogP contribution in [0.4, 0.5) is 0 Å². The van der Waals surface area contributed by atoms with E-state index in [0.717, 1.165) is 4.90 Å². The van der Waals surface area contributed by atoms with Gasteiger partial charge in [0.15, 0.2) is 0 Å². The minimum absolute atomic E-state index is 0.368. The van der Waals surface area contributed by atoms with Crippen LogP contribution in [0, 0.1) is 0 Å². The van der Waals surface area contributed by atoms with Gasteiger partial charge in [0.2, 0.25) is 6.35 Å². The molecule has 0 aromatic heterocycles. The molecule has 1 atom stereocenters.